The van der Waals surface area contributed by atoms with E-state index in [0.29, 0.717) is 11.4 Å². The molecule has 0 aliphatic carbocycles. The molecule has 0 radical (unpaired) electrons. The van der Waals surface area contributed by atoms with Crippen LogP contribution >= 0.6 is 0 Å². The van der Waals surface area contributed by atoms with Crippen molar-refractivity contribution >= 4 is 11.6 Å². The minimum absolute atomic E-state index is 0.191. The minimum Gasteiger partial charge on any atom is -0.319 e. The number of hydrogen-bond donors (Lipinski definition) is 2. The summed E-state index contributed by atoms with van der Waals surface area (Å²) in [4.78, 5) is 29.8. The van der Waals surface area contributed by atoms with Gasteiger partial charge in [-0.15, -0.1) is 0 Å². The van der Waals surface area contributed by atoms with Crippen LogP contribution in [0.4, 0.5) is 5.69 Å². The van der Waals surface area contributed by atoms with Crippen LogP contribution in [0.2, 0.25) is 0 Å². The van der Waals surface area contributed by atoms with E-state index in [1.165, 1.54) is 30.9 Å². The summed E-state index contributed by atoms with van der Waals surface area (Å²) in [6.45, 7) is 0. The lowest BCUT2D eigenvalue weighted by Crippen LogP contribution is -2.18. The molecule has 104 valence electrons. The molecule has 2 N–H and O–H groups in total. The number of para-hydroxylation sites is 2. The fourth-order valence-corrected chi connectivity index (χ4v) is 1.88. The van der Waals surface area contributed by atoms with E-state index in [1.54, 1.807) is 22.9 Å². The Bertz CT molecular complexity index is 823. The maximum atomic E-state index is 12.2. The molecule has 7 nitrogen and oxygen atoms in total. The van der Waals surface area contributed by atoms with Crippen molar-refractivity contribution in [1.29, 1.82) is 0 Å². The van der Waals surface area contributed by atoms with Crippen LogP contribution in [0.1, 0.15) is 10.5 Å². The van der Waals surface area contributed by atoms with Gasteiger partial charge in [0.2, 0.25) is 5.56 Å². The average molecular weight is 281 g/mol. The lowest BCUT2D eigenvalue weighted by atomic mass is 10.2. The summed E-state index contributed by atoms with van der Waals surface area (Å²) in [5.74, 6) is -0.403. The van der Waals surface area contributed by atoms with E-state index in [-0.39, 0.29) is 11.3 Å². The summed E-state index contributed by atoms with van der Waals surface area (Å²) < 4.78 is 1.54. The molecule has 0 saturated carbocycles. The highest BCUT2D eigenvalue weighted by molar-refractivity contribution is 6.03. The number of carbonyl (C=O) groups is 1. The molecule has 1 amide bonds. The average Bonchev–Trinajstić information content (AvgIpc) is 3.02. The molecule has 3 aromatic rings. The molecule has 2 heterocycles. The Morgan fingerprint density at radius 2 is 2.00 bits per heavy atom. The number of amides is 1. The van der Waals surface area contributed by atoms with Gasteiger partial charge in [-0.2, -0.15) is 5.10 Å². The van der Waals surface area contributed by atoms with E-state index in [0.717, 1.165) is 0 Å². The largest absolute Gasteiger partial charge is 0.319 e. The van der Waals surface area contributed by atoms with Gasteiger partial charge in [0.1, 0.15) is 18.3 Å². The molecule has 0 bridgehead atoms. The number of nitrogens with one attached hydrogen (secondary N) is 2. The number of H-pyrrole nitrogens is 1. The normalized spacial score (nSPS) is 10.3. The molecule has 21 heavy (non-hydrogen) atoms. The van der Waals surface area contributed by atoms with E-state index in [2.05, 4.69) is 20.4 Å². The monoisotopic (exact) mass is 281 g/mol. The van der Waals surface area contributed by atoms with Crippen molar-refractivity contribution in [3.63, 3.8) is 0 Å². The zero-order valence-corrected chi connectivity index (χ0v) is 10.9. The zero-order valence-electron chi connectivity index (χ0n) is 10.9. The van der Waals surface area contributed by atoms with Crippen LogP contribution in [0.3, 0.4) is 0 Å². The van der Waals surface area contributed by atoms with Crippen molar-refractivity contribution in [2.45, 2.75) is 0 Å². The van der Waals surface area contributed by atoms with Gasteiger partial charge in [0.05, 0.1) is 11.4 Å². The Kier molecular flexibility index (Phi) is 3.30. The molecule has 1 aromatic carbocycles. The molecule has 0 atom stereocenters. The molecule has 0 spiro atoms. The topological polar surface area (TPSA) is 92.7 Å². The second-order valence-corrected chi connectivity index (χ2v) is 4.24. The van der Waals surface area contributed by atoms with Gasteiger partial charge < -0.3 is 10.3 Å². The summed E-state index contributed by atoms with van der Waals surface area (Å²) in [6, 6.07) is 11.6. The summed E-state index contributed by atoms with van der Waals surface area (Å²) in [5.41, 5.74) is 1.11. The third kappa shape index (κ3) is 2.71. The lowest BCUT2D eigenvalue weighted by molar-refractivity contribution is 0.102. The standard InChI is InChI=1S/C14H11N5O2/c20-13-7-3-5-11(17-13)14(21)18-10-4-1-2-6-12(10)19-9-15-8-16-19/h1-9H,(H,17,20)(H,18,21). The second-order valence-electron chi connectivity index (χ2n) is 4.24. The van der Waals surface area contributed by atoms with Crippen LogP contribution in [0.15, 0.2) is 59.9 Å². The maximum absolute atomic E-state index is 12.2. The van der Waals surface area contributed by atoms with Crippen molar-refractivity contribution < 1.29 is 4.79 Å². The third-order valence-electron chi connectivity index (χ3n) is 2.83. The van der Waals surface area contributed by atoms with Gasteiger partial charge in [0.15, 0.2) is 0 Å². The number of nitrogens with zero attached hydrogens (tertiary/aromatic N) is 3. The van der Waals surface area contributed by atoms with Crippen LogP contribution < -0.4 is 10.9 Å². The molecule has 0 fully saturated rings. The Balaban J connectivity index is 1.92. The van der Waals surface area contributed by atoms with Crippen molar-refractivity contribution in [3.05, 3.63) is 71.2 Å². The summed E-state index contributed by atoms with van der Waals surface area (Å²) in [7, 11) is 0. The quantitative estimate of drug-likeness (QED) is 0.754. The SMILES string of the molecule is O=C(Nc1ccccc1-n1cncn1)c1cccc(=O)[nH]1. The van der Waals surface area contributed by atoms with Crippen LogP contribution in [0.5, 0.6) is 0 Å². The van der Waals surface area contributed by atoms with Crippen LogP contribution in [-0.2, 0) is 0 Å². The second kappa shape index (κ2) is 5.41. The van der Waals surface area contributed by atoms with Gasteiger partial charge in [-0.25, -0.2) is 9.67 Å². The van der Waals surface area contributed by atoms with E-state index >= 15 is 0 Å². The van der Waals surface area contributed by atoms with Gasteiger partial charge in [-0.1, -0.05) is 18.2 Å². The summed E-state index contributed by atoms with van der Waals surface area (Å²) in [5, 5.41) is 6.78. The van der Waals surface area contributed by atoms with Gasteiger partial charge in [0, 0.05) is 6.07 Å². The minimum atomic E-state index is -0.403. The Hall–Kier alpha value is -3.22. The lowest BCUT2D eigenvalue weighted by Gasteiger charge is -2.10. The van der Waals surface area contributed by atoms with E-state index in [4.69, 9.17) is 0 Å². The molecule has 7 heteroatoms. The number of anilines is 1. The molecular weight excluding hydrogens is 270 g/mol. The highest BCUT2D eigenvalue weighted by Crippen LogP contribution is 2.19. The Morgan fingerprint density at radius 1 is 1.14 bits per heavy atom. The maximum Gasteiger partial charge on any atom is 0.272 e. The van der Waals surface area contributed by atoms with Gasteiger partial charge in [-0.3, -0.25) is 9.59 Å². The van der Waals surface area contributed by atoms with Crippen molar-refractivity contribution in [2.24, 2.45) is 0 Å². The van der Waals surface area contributed by atoms with Crippen LogP contribution in [0.25, 0.3) is 5.69 Å². The highest BCUT2D eigenvalue weighted by atomic mass is 16.2. The number of hydrogen-bond acceptors (Lipinski definition) is 4. The number of aromatic amines is 1. The number of aromatic nitrogens is 4. The fourth-order valence-electron chi connectivity index (χ4n) is 1.88. The summed E-state index contributed by atoms with van der Waals surface area (Å²) in [6.07, 6.45) is 2.95. The molecule has 0 aliphatic rings. The van der Waals surface area contributed by atoms with Crippen LogP contribution in [-0.4, -0.2) is 25.7 Å². The molecule has 3 rings (SSSR count). The first kappa shape index (κ1) is 12.8. The van der Waals surface area contributed by atoms with Gasteiger partial charge in [0.25, 0.3) is 5.91 Å². The molecule has 0 saturated heterocycles. The third-order valence-corrected chi connectivity index (χ3v) is 2.83. The van der Waals surface area contributed by atoms with Crippen molar-refractivity contribution in [1.82, 2.24) is 19.7 Å². The summed E-state index contributed by atoms with van der Waals surface area (Å²) >= 11 is 0. The number of carbonyl (C=O) groups excluding carboxylic acids is 1. The first-order valence-electron chi connectivity index (χ1n) is 6.19. The van der Waals surface area contributed by atoms with Crippen molar-refractivity contribution in [2.75, 3.05) is 5.32 Å². The zero-order chi connectivity index (χ0) is 14.7. The Morgan fingerprint density at radius 3 is 2.76 bits per heavy atom. The van der Waals surface area contributed by atoms with Crippen molar-refractivity contribution in [3.8, 4) is 5.69 Å². The van der Waals surface area contributed by atoms with E-state index in [1.807, 2.05) is 6.07 Å². The Labute approximate surface area is 119 Å². The van der Waals surface area contributed by atoms with Gasteiger partial charge in [-0.05, 0) is 18.2 Å². The van der Waals surface area contributed by atoms with E-state index < -0.39 is 5.91 Å². The molecular formula is C14H11N5O2. The van der Waals surface area contributed by atoms with Gasteiger partial charge >= 0.3 is 0 Å². The fraction of sp³-hybridized carbons (Fsp3) is 0. The first-order valence-corrected chi connectivity index (χ1v) is 6.19. The highest BCUT2D eigenvalue weighted by Gasteiger charge is 2.10. The smallest absolute Gasteiger partial charge is 0.272 e. The molecule has 0 unspecified atom stereocenters. The molecule has 0 aliphatic heterocycles. The van der Waals surface area contributed by atoms with Crippen LogP contribution in [0, 0.1) is 0 Å². The predicted octanol–water partition coefficient (Wildman–Crippen LogP) is 1.21. The predicted molar refractivity (Wildman–Crippen MR) is 76.4 cm³/mol. The number of benzene rings is 1. The van der Waals surface area contributed by atoms with E-state index in [9.17, 15) is 9.59 Å². The number of pyridine rings is 1. The first-order chi connectivity index (χ1) is 10.2. The molecule has 2 aromatic heterocycles. The number of rotatable bonds is 3.